The predicted octanol–water partition coefficient (Wildman–Crippen LogP) is 4.68. The number of hydrogen-bond donors (Lipinski definition) is 1. The predicted molar refractivity (Wildman–Crippen MR) is 79.7 cm³/mol. The first-order valence-corrected chi connectivity index (χ1v) is 7.95. The van der Waals surface area contributed by atoms with Crippen molar-refractivity contribution in [3.8, 4) is 0 Å². The quantitative estimate of drug-likeness (QED) is 0.570. The molecule has 108 valence electrons. The van der Waals surface area contributed by atoms with Crippen molar-refractivity contribution >= 4 is 5.91 Å². The normalized spacial score (nSPS) is 11.6. The summed E-state index contributed by atoms with van der Waals surface area (Å²) in [6.07, 6.45) is 10.2. The average Bonchev–Trinajstić information content (AvgIpc) is 2.38. The molecule has 0 aliphatic carbocycles. The summed E-state index contributed by atoms with van der Waals surface area (Å²) < 4.78 is 0. The van der Waals surface area contributed by atoms with E-state index in [4.69, 9.17) is 0 Å². The molecule has 1 amide bonds. The first-order valence-electron chi connectivity index (χ1n) is 7.95. The monoisotopic (exact) mass is 255 g/mol. The van der Waals surface area contributed by atoms with Crippen molar-refractivity contribution in [1.82, 2.24) is 5.32 Å². The molecule has 0 aromatic carbocycles. The van der Waals surface area contributed by atoms with E-state index < -0.39 is 0 Å². The van der Waals surface area contributed by atoms with Crippen LogP contribution in [0.4, 0.5) is 0 Å². The van der Waals surface area contributed by atoms with Gasteiger partial charge in [0.25, 0.3) is 0 Å². The van der Waals surface area contributed by atoms with Crippen molar-refractivity contribution in [1.29, 1.82) is 0 Å². The van der Waals surface area contributed by atoms with Crippen LogP contribution in [0.15, 0.2) is 0 Å². The molecule has 2 nitrogen and oxygen atoms in total. The topological polar surface area (TPSA) is 29.1 Å². The first kappa shape index (κ1) is 17.5. The summed E-state index contributed by atoms with van der Waals surface area (Å²) in [4.78, 5) is 12.5. The van der Waals surface area contributed by atoms with E-state index in [1.165, 1.54) is 38.5 Å². The van der Waals surface area contributed by atoms with E-state index in [1.807, 2.05) is 6.92 Å². The van der Waals surface area contributed by atoms with Gasteiger partial charge in [-0.05, 0) is 26.2 Å². The van der Waals surface area contributed by atoms with Crippen LogP contribution in [-0.2, 0) is 4.79 Å². The lowest BCUT2D eigenvalue weighted by atomic mass is 9.73. The molecular formula is C16H33NO. The summed E-state index contributed by atoms with van der Waals surface area (Å²) in [5.41, 5.74) is -0.0853. The van der Waals surface area contributed by atoms with Crippen LogP contribution in [0.2, 0.25) is 0 Å². The van der Waals surface area contributed by atoms with Crippen molar-refractivity contribution in [3.63, 3.8) is 0 Å². The van der Waals surface area contributed by atoms with Gasteiger partial charge in [0.15, 0.2) is 0 Å². The Morgan fingerprint density at radius 3 is 1.50 bits per heavy atom. The fourth-order valence-corrected chi connectivity index (χ4v) is 2.61. The van der Waals surface area contributed by atoms with Gasteiger partial charge >= 0.3 is 0 Å². The van der Waals surface area contributed by atoms with Crippen molar-refractivity contribution < 1.29 is 4.79 Å². The van der Waals surface area contributed by atoms with Crippen LogP contribution in [0.3, 0.4) is 0 Å². The Bertz CT molecular complexity index is 191. The van der Waals surface area contributed by atoms with Crippen molar-refractivity contribution in [2.24, 2.45) is 5.41 Å². The minimum Gasteiger partial charge on any atom is -0.356 e. The van der Waals surface area contributed by atoms with Gasteiger partial charge in [-0.3, -0.25) is 4.79 Å². The molecule has 0 fully saturated rings. The molecule has 0 radical (unpaired) electrons. The van der Waals surface area contributed by atoms with E-state index in [1.54, 1.807) is 0 Å². The highest BCUT2D eigenvalue weighted by atomic mass is 16.2. The Kier molecular flexibility index (Phi) is 10.1. The smallest absolute Gasteiger partial charge is 0.226 e. The molecule has 0 bridgehead atoms. The van der Waals surface area contributed by atoms with Crippen LogP contribution in [-0.4, -0.2) is 12.5 Å². The Morgan fingerprint density at radius 2 is 1.22 bits per heavy atom. The van der Waals surface area contributed by atoms with Gasteiger partial charge < -0.3 is 5.32 Å². The summed E-state index contributed by atoms with van der Waals surface area (Å²) in [5.74, 6) is 0.306. The maximum absolute atomic E-state index is 12.5. The van der Waals surface area contributed by atoms with Gasteiger partial charge in [-0.15, -0.1) is 0 Å². The lowest BCUT2D eigenvalue weighted by Crippen LogP contribution is -2.41. The number of amides is 1. The average molecular weight is 255 g/mol. The van der Waals surface area contributed by atoms with E-state index in [2.05, 4.69) is 26.1 Å². The molecule has 0 aliphatic rings. The molecule has 0 heterocycles. The Labute approximate surface area is 114 Å². The van der Waals surface area contributed by atoms with Gasteiger partial charge in [0.1, 0.15) is 0 Å². The molecule has 0 rings (SSSR count). The van der Waals surface area contributed by atoms with Crippen LogP contribution in [0.25, 0.3) is 0 Å². The number of rotatable bonds is 11. The zero-order valence-electron chi connectivity index (χ0n) is 13.0. The molecule has 18 heavy (non-hydrogen) atoms. The van der Waals surface area contributed by atoms with Gasteiger partial charge in [0, 0.05) is 12.0 Å². The third-order valence-electron chi connectivity index (χ3n) is 3.85. The lowest BCUT2D eigenvalue weighted by Gasteiger charge is -2.32. The molecule has 1 N–H and O–H groups in total. The van der Waals surface area contributed by atoms with Crippen molar-refractivity contribution in [2.45, 2.75) is 85.5 Å². The zero-order valence-corrected chi connectivity index (χ0v) is 13.0. The van der Waals surface area contributed by atoms with Crippen LogP contribution in [0, 0.1) is 5.41 Å². The van der Waals surface area contributed by atoms with Crippen LogP contribution in [0.5, 0.6) is 0 Å². The molecule has 0 aromatic rings. The van der Waals surface area contributed by atoms with E-state index in [0.717, 1.165) is 25.8 Å². The maximum atomic E-state index is 12.5. The molecule has 0 aliphatic heterocycles. The van der Waals surface area contributed by atoms with Crippen LogP contribution >= 0.6 is 0 Å². The van der Waals surface area contributed by atoms with Gasteiger partial charge in [-0.2, -0.15) is 0 Å². The number of carbonyl (C=O) groups is 1. The molecule has 0 aromatic heterocycles. The molecule has 0 spiro atoms. The Balaban J connectivity index is 4.78. The van der Waals surface area contributed by atoms with Crippen molar-refractivity contribution in [2.75, 3.05) is 6.54 Å². The fraction of sp³-hybridized carbons (Fsp3) is 0.938. The maximum Gasteiger partial charge on any atom is 0.226 e. The molecular weight excluding hydrogens is 222 g/mol. The van der Waals surface area contributed by atoms with Gasteiger partial charge in [0.2, 0.25) is 5.91 Å². The van der Waals surface area contributed by atoms with Crippen LogP contribution < -0.4 is 5.32 Å². The standard InChI is InChI=1S/C16H33NO/c1-5-9-12-16(13-10-6-2,14-11-7-3)15(18)17-8-4/h5-14H2,1-4H3,(H,17,18). The molecule has 0 saturated heterocycles. The summed E-state index contributed by atoms with van der Waals surface area (Å²) in [6, 6.07) is 0. The highest BCUT2D eigenvalue weighted by Crippen LogP contribution is 2.37. The van der Waals surface area contributed by atoms with Crippen molar-refractivity contribution in [3.05, 3.63) is 0 Å². The molecule has 0 atom stereocenters. The lowest BCUT2D eigenvalue weighted by molar-refractivity contribution is -0.132. The highest BCUT2D eigenvalue weighted by molar-refractivity contribution is 5.82. The number of carbonyl (C=O) groups excluding carboxylic acids is 1. The van der Waals surface area contributed by atoms with E-state index in [-0.39, 0.29) is 5.41 Å². The number of unbranched alkanes of at least 4 members (excludes halogenated alkanes) is 3. The SMILES string of the molecule is CCCCC(CCCC)(CCCC)C(=O)NCC. The third kappa shape index (κ3) is 5.88. The van der Waals surface area contributed by atoms with Crippen LogP contribution in [0.1, 0.15) is 85.5 Å². The first-order chi connectivity index (χ1) is 8.66. The fourth-order valence-electron chi connectivity index (χ4n) is 2.61. The Morgan fingerprint density at radius 1 is 0.833 bits per heavy atom. The highest BCUT2D eigenvalue weighted by Gasteiger charge is 2.35. The summed E-state index contributed by atoms with van der Waals surface area (Å²) in [5, 5.41) is 3.07. The zero-order chi connectivity index (χ0) is 13.9. The summed E-state index contributed by atoms with van der Waals surface area (Å²) >= 11 is 0. The number of hydrogen-bond acceptors (Lipinski definition) is 1. The largest absolute Gasteiger partial charge is 0.356 e. The molecule has 0 unspecified atom stereocenters. The summed E-state index contributed by atoms with van der Waals surface area (Å²) in [6.45, 7) is 9.40. The van der Waals surface area contributed by atoms with Gasteiger partial charge in [-0.1, -0.05) is 59.3 Å². The minimum absolute atomic E-state index is 0.0853. The summed E-state index contributed by atoms with van der Waals surface area (Å²) in [7, 11) is 0. The Hall–Kier alpha value is -0.530. The second kappa shape index (κ2) is 10.4. The molecule has 2 heteroatoms. The second-order valence-corrected chi connectivity index (χ2v) is 5.45. The molecule has 0 saturated carbocycles. The van der Waals surface area contributed by atoms with Gasteiger partial charge in [-0.25, -0.2) is 0 Å². The minimum atomic E-state index is -0.0853. The third-order valence-corrected chi connectivity index (χ3v) is 3.85. The van der Waals surface area contributed by atoms with E-state index >= 15 is 0 Å². The second-order valence-electron chi connectivity index (χ2n) is 5.45. The van der Waals surface area contributed by atoms with Gasteiger partial charge in [0.05, 0.1) is 0 Å². The number of nitrogens with one attached hydrogen (secondary N) is 1. The van der Waals surface area contributed by atoms with E-state index in [9.17, 15) is 4.79 Å². The van der Waals surface area contributed by atoms with E-state index in [0.29, 0.717) is 5.91 Å².